The number of ether oxygens (including phenoxy) is 6. The van der Waals surface area contributed by atoms with Gasteiger partial charge in [-0.05, 0) is 42.7 Å². The molecule has 1 aliphatic heterocycles. The standard InChI is InChI=1S/C34H37ClFNO10S/c1-6-44-29(40)10-8-23(38)27-13-21-26(48-27)14-25(43-5)34(32(21)36)47-18-19(3)17-46-33-24(42-4)12-20-15-37(16-22(20)31(33)35)28(39)9-11-30(41)45-7-2/h12-14H,3,6-11,15-18H2,1-2,4-5H3. The molecule has 4 rings (SSSR count). The van der Waals surface area contributed by atoms with Crippen molar-refractivity contribution >= 4 is 56.7 Å². The van der Waals surface area contributed by atoms with Gasteiger partial charge in [-0.1, -0.05) is 18.2 Å². The first-order chi connectivity index (χ1) is 23.0. The van der Waals surface area contributed by atoms with Crippen LogP contribution in [0, 0.1) is 5.82 Å². The molecule has 0 saturated heterocycles. The first kappa shape index (κ1) is 36.5. The molecule has 0 fully saturated rings. The summed E-state index contributed by atoms with van der Waals surface area (Å²) in [5.74, 6) is -1.53. The summed E-state index contributed by atoms with van der Waals surface area (Å²) in [4.78, 5) is 50.6. The average molecular weight is 706 g/mol. The zero-order chi connectivity index (χ0) is 35.0. The molecule has 0 spiro atoms. The first-order valence-electron chi connectivity index (χ1n) is 15.2. The van der Waals surface area contributed by atoms with Crippen molar-refractivity contribution in [2.45, 2.75) is 52.6 Å². The molecule has 11 nitrogen and oxygen atoms in total. The Hall–Kier alpha value is -4.36. The highest BCUT2D eigenvalue weighted by atomic mass is 35.5. The van der Waals surface area contributed by atoms with Crippen LogP contribution in [-0.2, 0) is 36.9 Å². The zero-order valence-electron chi connectivity index (χ0n) is 27.2. The van der Waals surface area contributed by atoms with Crippen molar-refractivity contribution in [2.75, 3.05) is 40.6 Å². The predicted molar refractivity (Wildman–Crippen MR) is 177 cm³/mol. The van der Waals surface area contributed by atoms with E-state index in [9.17, 15) is 19.2 Å². The maximum atomic E-state index is 15.7. The topological polar surface area (TPSA) is 127 Å². The van der Waals surface area contributed by atoms with Crippen molar-refractivity contribution in [1.29, 1.82) is 0 Å². The van der Waals surface area contributed by atoms with Crippen molar-refractivity contribution in [1.82, 2.24) is 4.90 Å². The number of halogens is 2. The minimum atomic E-state index is -0.705. The van der Waals surface area contributed by atoms with Crippen LogP contribution in [0.2, 0.25) is 5.02 Å². The van der Waals surface area contributed by atoms with Crippen LogP contribution in [-0.4, -0.2) is 69.2 Å². The number of methoxy groups -OCH3 is 2. The molecule has 0 radical (unpaired) electrons. The molecule has 14 heteroatoms. The Bertz CT molecular complexity index is 1720. The van der Waals surface area contributed by atoms with Crippen LogP contribution in [0.25, 0.3) is 10.1 Å². The summed E-state index contributed by atoms with van der Waals surface area (Å²) in [5, 5.41) is 0.460. The van der Waals surface area contributed by atoms with Gasteiger partial charge in [-0.2, -0.15) is 0 Å². The fourth-order valence-electron chi connectivity index (χ4n) is 5.01. The largest absolute Gasteiger partial charge is 0.493 e. The van der Waals surface area contributed by atoms with Crippen LogP contribution in [0.1, 0.15) is 60.3 Å². The van der Waals surface area contributed by atoms with Gasteiger partial charge in [0.2, 0.25) is 5.91 Å². The van der Waals surface area contributed by atoms with Gasteiger partial charge in [0.05, 0.1) is 50.2 Å². The number of nitrogens with zero attached hydrogens (tertiary/aromatic N) is 1. The summed E-state index contributed by atoms with van der Waals surface area (Å²) >= 11 is 7.83. The molecule has 48 heavy (non-hydrogen) atoms. The van der Waals surface area contributed by atoms with Crippen molar-refractivity contribution in [3.05, 3.63) is 57.2 Å². The molecule has 0 N–H and O–H groups in total. The lowest BCUT2D eigenvalue weighted by molar-refractivity contribution is -0.145. The maximum absolute atomic E-state index is 15.7. The Morgan fingerprint density at radius 3 is 2.10 bits per heavy atom. The van der Waals surface area contributed by atoms with Gasteiger partial charge in [0.1, 0.15) is 13.2 Å². The number of esters is 2. The number of rotatable bonds is 17. The van der Waals surface area contributed by atoms with Gasteiger partial charge in [0, 0.05) is 42.1 Å². The number of Topliss-reactive ketones (excluding diaryl/α,β-unsaturated/α-hetero) is 1. The van der Waals surface area contributed by atoms with E-state index >= 15 is 4.39 Å². The molecule has 0 saturated carbocycles. The molecule has 3 aromatic rings. The molecule has 1 aliphatic rings. The number of benzene rings is 2. The lowest BCUT2D eigenvalue weighted by Crippen LogP contribution is -2.25. The van der Waals surface area contributed by atoms with Gasteiger partial charge in [0.15, 0.2) is 34.6 Å². The number of amides is 1. The average Bonchev–Trinajstić information content (AvgIpc) is 3.70. The minimum absolute atomic E-state index is 0.00865. The summed E-state index contributed by atoms with van der Waals surface area (Å²) in [6.45, 7) is 8.20. The quantitative estimate of drug-likeness (QED) is 0.0880. The second-order valence-corrected chi connectivity index (χ2v) is 12.2. The summed E-state index contributed by atoms with van der Waals surface area (Å²) in [7, 11) is 2.84. The highest BCUT2D eigenvalue weighted by Crippen LogP contribution is 2.44. The second-order valence-electron chi connectivity index (χ2n) is 10.7. The molecular weight excluding hydrogens is 669 g/mol. The lowest BCUT2D eigenvalue weighted by atomic mass is 10.1. The van der Waals surface area contributed by atoms with Crippen LogP contribution < -0.4 is 18.9 Å². The third-order valence-corrected chi connectivity index (χ3v) is 8.92. The molecule has 0 aliphatic carbocycles. The van der Waals surface area contributed by atoms with E-state index in [-0.39, 0.29) is 98.0 Å². The number of thiophene rings is 1. The second kappa shape index (κ2) is 16.6. The Morgan fingerprint density at radius 2 is 1.48 bits per heavy atom. The Kier molecular flexibility index (Phi) is 12.7. The van der Waals surface area contributed by atoms with Gasteiger partial charge in [-0.15, -0.1) is 11.3 Å². The predicted octanol–water partition coefficient (Wildman–Crippen LogP) is 6.44. The van der Waals surface area contributed by atoms with Gasteiger partial charge in [-0.3, -0.25) is 19.2 Å². The normalized spacial score (nSPS) is 12.0. The van der Waals surface area contributed by atoms with E-state index in [2.05, 4.69) is 6.58 Å². The van der Waals surface area contributed by atoms with Crippen molar-refractivity contribution in [2.24, 2.45) is 0 Å². The van der Waals surface area contributed by atoms with E-state index in [0.717, 1.165) is 16.9 Å². The van der Waals surface area contributed by atoms with E-state index in [0.29, 0.717) is 33.0 Å². The Labute approximate surface area is 286 Å². The molecule has 2 heterocycles. The zero-order valence-corrected chi connectivity index (χ0v) is 28.8. The van der Waals surface area contributed by atoms with Crippen LogP contribution in [0.3, 0.4) is 0 Å². The fraction of sp³-hybridized carbons (Fsp3) is 0.412. The number of ketones is 1. The number of carbonyl (C=O) groups excluding carboxylic acids is 4. The number of hydrogen-bond donors (Lipinski definition) is 0. The number of hydrogen-bond acceptors (Lipinski definition) is 11. The van der Waals surface area contributed by atoms with Crippen LogP contribution in [0.5, 0.6) is 23.0 Å². The molecule has 0 unspecified atom stereocenters. The van der Waals surface area contributed by atoms with Gasteiger partial charge >= 0.3 is 11.9 Å². The first-order valence-corrected chi connectivity index (χ1v) is 16.4. The summed E-state index contributed by atoms with van der Waals surface area (Å²) < 4.78 is 48.6. The Balaban J connectivity index is 1.40. The molecular formula is C34H37ClFNO10S. The molecule has 0 atom stereocenters. The van der Waals surface area contributed by atoms with Crippen molar-refractivity contribution in [3.8, 4) is 23.0 Å². The highest BCUT2D eigenvalue weighted by Gasteiger charge is 2.30. The smallest absolute Gasteiger partial charge is 0.306 e. The monoisotopic (exact) mass is 705 g/mol. The summed E-state index contributed by atoms with van der Waals surface area (Å²) in [5.41, 5.74) is 1.94. The molecule has 258 valence electrons. The number of carbonyl (C=O) groups is 4. The third-order valence-electron chi connectivity index (χ3n) is 7.39. The van der Waals surface area contributed by atoms with Gasteiger partial charge in [0.25, 0.3) is 0 Å². The SMILES string of the molecule is C=C(COc1c(OC)cc2c(c1Cl)CN(C(=O)CCC(=O)OCC)C2)COc1c(OC)cc2sc(C(=O)CCC(=O)OCC)cc2c1F. The van der Waals surface area contributed by atoms with Crippen LogP contribution in [0.15, 0.2) is 30.4 Å². The van der Waals surface area contributed by atoms with Crippen LogP contribution >= 0.6 is 22.9 Å². The molecule has 0 bridgehead atoms. The minimum Gasteiger partial charge on any atom is -0.493 e. The van der Waals surface area contributed by atoms with Gasteiger partial charge in [-0.25, -0.2) is 4.39 Å². The lowest BCUT2D eigenvalue weighted by Gasteiger charge is -2.17. The highest BCUT2D eigenvalue weighted by molar-refractivity contribution is 7.20. The van der Waals surface area contributed by atoms with Crippen molar-refractivity contribution in [3.63, 3.8) is 0 Å². The van der Waals surface area contributed by atoms with Crippen LogP contribution in [0.4, 0.5) is 4.39 Å². The summed E-state index contributed by atoms with van der Waals surface area (Å²) in [6, 6.07) is 4.77. The summed E-state index contributed by atoms with van der Waals surface area (Å²) in [6.07, 6.45) is -0.109. The van der Waals surface area contributed by atoms with E-state index in [1.54, 1.807) is 30.9 Å². The van der Waals surface area contributed by atoms with Crippen molar-refractivity contribution < 1.29 is 52.0 Å². The molecule has 2 aromatic carbocycles. The third kappa shape index (κ3) is 8.56. The van der Waals surface area contributed by atoms with E-state index in [1.165, 1.54) is 20.3 Å². The fourth-order valence-corrected chi connectivity index (χ4v) is 6.39. The van der Waals surface area contributed by atoms with E-state index in [1.807, 2.05) is 0 Å². The Morgan fingerprint density at radius 1 is 0.875 bits per heavy atom. The molecule has 1 amide bonds. The number of fused-ring (bicyclic) bond motifs is 2. The van der Waals surface area contributed by atoms with E-state index < -0.39 is 17.8 Å². The van der Waals surface area contributed by atoms with E-state index in [4.69, 9.17) is 40.0 Å². The van der Waals surface area contributed by atoms with Gasteiger partial charge < -0.3 is 33.3 Å². The maximum Gasteiger partial charge on any atom is 0.306 e. The molecule has 1 aromatic heterocycles.